The molecule has 0 saturated heterocycles. The number of carbonyl (C=O) groups excluding carboxylic acids is 2. The lowest BCUT2D eigenvalue weighted by molar-refractivity contribution is -0.111. The second-order valence-electron chi connectivity index (χ2n) is 5.17. The number of phenols is 1. The Morgan fingerprint density at radius 2 is 1.91 bits per heavy atom. The number of hydrogen-bond acceptors (Lipinski definition) is 6. The number of rotatable bonds is 2. The van der Waals surface area contributed by atoms with Gasteiger partial charge in [0.15, 0.2) is 17.3 Å². The molecule has 1 N–H and O–H groups in total. The smallest absolute Gasteiger partial charge is 0.249 e. The van der Waals surface area contributed by atoms with Crippen LogP contribution in [-0.2, 0) is 9.53 Å². The number of halogens is 1. The van der Waals surface area contributed by atoms with Gasteiger partial charge in [-0.3, -0.25) is 9.59 Å². The summed E-state index contributed by atoms with van der Waals surface area (Å²) in [5.74, 6) is -0.974. The Morgan fingerprint density at radius 3 is 2.52 bits per heavy atom. The van der Waals surface area contributed by atoms with Gasteiger partial charge in [0.2, 0.25) is 11.4 Å². The summed E-state index contributed by atoms with van der Waals surface area (Å²) in [4.78, 5) is 24.7. The zero-order valence-corrected chi connectivity index (χ0v) is 13.4. The van der Waals surface area contributed by atoms with Crippen molar-refractivity contribution in [2.24, 2.45) is 0 Å². The number of hydrogen-bond donors (Lipinski definition) is 1. The van der Waals surface area contributed by atoms with Gasteiger partial charge >= 0.3 is 0 Å². The monoisotopic (exact) mass is 336 g/mol. The average molecular weight is 337 g/mol. The summed E-state index contributed by atoms with van der Waals surface area (Å²) in [5, 5.41) is 10.2. The maximum atomic E-state index is 13.0. The molecule has 0 radical (unpaired) electrons. The molecular weight excluding hydrogens is 324 g/mol. The normalized spacial score (nSPS) is 22.4. The summed E-state index contributed by atoms with van der Waals surface area (Å²) in [6, 6.07) is 1.24. The van der Waals surface area contributed by atoms with Crippen LogP contribution in [0.25, 0.3) is 0 Å². The number of allylic oxidation sites excluding steroid dienone is 2. The quantitative estimate of drug-likeness (QED) is 0.893. The van der Waals surface area contributed by atoms with E-state index < -0.39 is 11.4 Å². The van der Waals surface area contributed by atoms with E-state index in [4.69, 9.17) is 25.8 Å². The SMILES string of the molecule is COC1=CC(=O)C=C(C)C12Oc1c(Cl)c(OC)cc(O)c1C2=O. The highest BCUT2D eigenvalue weighted by Gasteiger charge is 2.57. The highest BCUT2D eigenvalue weighted by molar-refractivity contribution is 6.35. The molecule has 1 atom stereocenters. The number of methoxy groups -OCH3 is 2. The van der Waals surface area contributed by atoms with Crippen molar-refractivity contribution in [1.82, 2.24) is 0 Å². The molecule has 3 rings (SSSR count). The van der Waals surface area contributed by atoms with Crippen LogP contribution in [0.2, 0.25) is 5.02 Å². The minimum absolute atomic E-state index is 0.00133. The van der Waals surface area contributed by atoms with E-state index in [9.17, 15) is 14.7 Å². The predicted molar refractivity (Wildman–Crippen MR) is 81.2 cm³/mol. The highest BCUT2D eigenvalue weighted by Crippen LogP contribution is 2.53. The van der Waals surface area contributed by atoms with Gasteiger partial charge in [0.25, 0.3) is 0 Å². The van der Waals surface area contributed by atoms with Crippen LogP contribution < -0.4 is 9.47 Å². The molecular formula is C16H13ClO6. The molecule has 0 fully saturated rings. The van der Waals surface area contributed by atoms with E-state index in [1.165, 1.54) is 32.4 Å². The van der Waals surface area contributed by atoms with Crippen molar-refractivity contribution in [2.75, 3.05) is 14.2 Å². The van der Waals surface area contributed by atoms with E-state index >= 15 is 0 Å². The summed E-state index contributed by atoms with van der Waals surface area (Å²) in [6.45, 7) is 1.58. The van der Waals surface area contributed by atoms with Crippen molar-refractivity contribution < 1.29 is 28.9 Å². The van der Waals surface area contributed by atoms with Gasteiger partial charge < -0.3 is 19.3 Å². The average Bonchev–Trinajstić information content (AvgIpc) is 2.82. The molecule has 1 heterocycles. The van der Waals surface area contributed by atoms with Gasteiger partial charge in [0.1, 0.15) is 22.1 Å². The fourth-order valence-corrected chi connectivity index (χ4v) is 3.11. The zero-order valence-electron chi connectivity index (χ0n) is 12.6. The number of aromatic hydroxyl groups is 1. The number of Topliss-reactive ketones (excluding diaryl/α,β-unsaturated/α-hetero) is 1. The summed E-state index contributed by atoms with van der Waals surface area (Å²) >= 11 is 6.20. The van der Waals surface area contributed by atoms with Gasteiger partial charge in [0, 0.05) is 12.1 Å². The predicted octanol–water partition coefficient (Wildman–Crippen LogP) is 2.43. The van der Waals surface area contributed by atoms with E-state index in [2.05, 4.69) is 0 Å². The molecule has 1 aliphatic carbocycles. The standard InChI is InChI=1S/C16H13ClO6/c1-7-4-8(18)5-11(22-3)16(7)15(20)12-9(19)6-10(21-2)13(17)14(12)23-16/h4-6,19H,1-3H3. The van der Waals surface area contributed by atoms with Gasteiger partial charge in [-0.05, 0) is 18.6 Å². The number of benzene rings is 1. The lowest BCUT2D eigenvalue weighted by Crippen LogP contribution is -2.46. The fraction of sp³-hybridized carbons (Fsp3) is 0.250. The van der Waals surface area contributed by atoms with Crippen molar-refractivity contribution in [3.63, 3.8) is 0 Å². The Balaban J connectivity index is 2.27. The molecule has 1 aromatic rings. The maximum Gasteiger partial charge on any atom is 0.249 e. The van der Waals surface area contributed by atoms with Crippen LogP contribution in [0.5, 0.6) is 17.2 Å². The molecule has 0 amide bonds. The third-order valence-electron chi connectivity index (χ3n) is 3.94. The molecule has 6 nitrogen and oxygen atoms in total. The van der Waals surface area contributed by atoms with E-state index in [1.54, 1.807) is 6.92 Å². The molecule has 1 unspecified atom stereocenters. The lowest BCUT2D eigenvalue weighted by atomic mass is 9.82. The van der Waals surface area contributed by atoms with Crippen molar-refractivity contribution >= 4 is 23.2 Å². The first-order chi connectivity index (χ1) is 10.9. The van der Waals surface area contributed by atoms with Crippen LogP contribution in [0.4, 0.5) is 0 Å². The molecule has 0 aromatic heterocycles. The topological polar surface area (TPSA) is 82.1 Å². The molecule has 0 bridgehead atoms. The highest BCUT2D eigenvalue weighted by atomic mass is 35.5. The van der Waals surface area contributed by atoms with Crippen LogP contribution >= 0.6 is 11.6 Å². The van der Waals surface area contributed by atoms with Crippen LogP contribution in [0.3, 0.4) is 0 Å². The number of fused-ring (bicyclic) bond motifs is 1. The van der Waals surface area contributed by atoms with Crippen molar-refractivity contribution in [2.45, 2.75) is 12.5 Å². The maximum absolute atomic E-state index is 13.0. The minimum Gasteiger partial charge on any atom is -0.507 e. The first kappa shape index (κ1) is 15.4. The number of ketones is 2. The number of ether oxygens (including phenoxy) is 3. The summed E-state index contributed by atoms with van der Waals surface area (Å²) in [5.41, 5.74) is -1.36. The summed E-state index contributed by atoms with van der Waals surface area (Å²) in [6.07, 6.45) is 2.47. The molecule has 23 heavy (non-hydrogen) atoms. The molecule has 1 aromatic carbocycles. The first-order valence-corrected chi connectivity index (χ1v) is 7.06. The molecule has 1 aliphatic heterocycles. The van der Waals surface area contributed by atoms with Gasteiger partial charge in [-0.25, -0.2) is 0 Å². The third-order valence-corrected chi connectivity index (χ3v) is 4.30. The van der Waals surface area contributed by atoms with Crippen LogP contribution in [0.15, 0.2) is 29.6 Å². The molecule has 2 aliphatic rings. The third kappa shape index (κ3) is 1.88. The van der Waals surface area contributed by atoms with Crippen LogP contribution in [-0.4, -0.2) is 36.5 Å². The first-order valence-electron chi connectivity index (χ1n) is 6.69. The minimum atomic E-state index is -1.64. The zero-order chi connectivity index (χ0) is 16.9. The van der Waals surface area contributed by atoms with Crippen molar-refractivity contribution in [1.29, 1.82) is 0 Å². The van der Waals surface area contributed by atoms with Crippen molar-refractivity contribution in [3.8, 4) is 17.2 Å². The van der Waals surface area contributed by atoms with Crippen molar-refractivity contribution in [3.05, 3.63) is 40.1 Å². The Morgan fingerprint density at radius 1 is 1.22 bits per heavy atom. The number of carbonyl (C=O) groups is 2. The Labute approximate surface area is 136 Å². The second kappa shape index (κ2) is 5.03. The molecule has 7 heteroatoms. The number of phenolic OH excluding ortho intramolecular Hbond substituents is 1. The van der Waals surface area contributed by atoms with Gasteiger partial charge in [-0.1, -0.05) is 11.6 Å². The van der Waals surface area contributed by atoms with Crippen LogP contribution in [0, 0.1) is 0 Å². The van der Waals surface area contributed by atoms with Gasteiger partial charge in [0.05, 0.1) is 14.2 Å². The Bertz CT molecular complexity index is 807. The molecule has 0 saturated carbocycles. The molecule has 1 spiro atoms. The van der Waals surface area contributed by atoms with Crippen LogP contribution in [0.1, 0.15) is 17.3 Å². The largest absolute Gasteiger partial charge is 0.507 e. The van der Waals surface area contributed by atoms with Gasteiger partial charge in [-0.2, -0.15) is 0 Å². The summed E-state index contributed by atoms with van der Waals surface area (Å²) in [7, 11) is 2.71. The Hall–Kier alpha value is -2.47. The van der Waals surface area contributed by atoms with Gasteiger partial charge in [-0.15, -0.1) is 0 Å². The molecule has 120 valence electrons. The van der Waals surface area contributed by atoms with E-state index in [0.717, 1.165) is 0 Å². The van der Waals surface area contributed by atoms with E-state index in [-0.39, 0.29) is 39.4 Å². The van der Waals surface area contributed by atoms with E-state index in [0.29, 0.717) is 5.57 Å². The Kier molecular flexibility index (Phi) is 3.37. The lowest BCUT2D eigenvalue weighted by Gasteiger charge is -2.31. The fourth-order valence-electron chi connectivity index (χ4n) is 2.84. The van der Waals surface area contributed by atoms with E-state index in [1.807, 2.05) is 0 Å². The summed E-state index contributed by atoms with van der Waals surface area (Å²) < 4.78 is 16.1. The second-order valence-corrected chi connectivity index (χ2v) is 5.55.